The van der Waals surface area contributed by atoms with Crippen molar-refractivity contribution in [2.75, 3.05) is 13.1 Å². The van der Waals surface area contributed by atoms with Gasteiger partial charge in [-0.3, -0.25) is 0 Å². The van der Waals surface area contributed by atoms with Gasteiger partial charge in [-0.15, -0.1) is 0 Å². The molecule has 0 saturated heterocycles. The Kier molecular flexibility index (Phi) is 5.12. The fraction of sp³-hybridized carbons (Fsp3) is 0.533. The van der Waals surface area contributed by atoms with Crippen molar-refractivity contribution in [3.63, 3.8) is 0 Å². The van der Waals surface area contributed by atoms with Gasteiger partial charge in [0.2, 0.25) is 0 Å². The summed E-state index contributed by atoms with van der Waals surface area (Å²) in [6.45, 7) is 2.35. The Labute approximate surface area is 122 Å². The molecule has 1 aliphatic carbocycles. The molecule has 0 unspecified atom stereocenters. The monoisotopic (exact) mass is 298 g/mol. The summed E-state index contributed by atoms with van der Waals surface area (Å²) in [4.78, 5) is 11.6. The van der Waals surface area contributed by atoms with Crippen molar-refractivity contribution < 1.29 is 18.7 Å². The van der Waals surface area contributed by atoms with Gasteiger partial charge in [0.15, 0.2) is 11.6 Å². The number of carbonyl (C=O) groups is 1. The van der Waals surface area contributed by atoms with Gasteiger partial charge in [0.05, 0.1) is 6.10 Å². The Morgan fingerprint density at radius 2 is 1.95 bits per heavy atom. The second-order valence-electron chi connectivity index (χ2n) is 5.57. The Hall–Kier alpha value is -1.69. The third kappa shape index (κ3) is 4.67. The van der Waals surface area contributed by atoms with E-state index in [4.69, 9.17) is 0 Å². The summed E-state index contributed by atoms with van der Waals surface area (Å²) < 4.78 is 26.0. The molecule has 2 atom stereocenters. The maximum Gasteiger partial charge on any atom is 0.314 e. The summed E-state index contributed by atoms with van der Waals surface area (Å²) in [5.74, 6) is -1.60. The van der Waals surface area contributed by atoms with E-state index >= 15 is 0 Å². The normalized spacial score (nSPS) is 17.1. The first kappa shape index (κ1) is 15.7. The summed E-state index contributed by atoms with van der Waals surface area (Å²) >= 11 is 0. The second-order valence-corrected chi connectivity index (χ2v) is 5.57. The molecule has 0 radical (unpaired) electrons. The van der Waals surface area contributed by atoms with Crippen molar-refractivity contribution in [2.24, 2.45) is 5.92 Å². The maximum atomic E-state index is 13.1. The van der Waals surface area contributed by atoms with Gasteiger partial charge in [-0.25, -0.2) is 13.6 Å². The highest BCUT2D eigenvalue weighted by Crippen LogP contribution is 2.32. The molecule has 1 aromatic carbocycles. The van der Waals surface area contributed by atoms with E-state index in [9.17, 15) is 18.7 Å². The van der Waals surface area contributed by atoms with Crippen molar-refractivity contribution in [3.05, 3.63) is 35.4 Å². The molecule has 1 saturated carbocycles. The van der Waals surface area contributed by atoms with E-state index in [1.807, 2.05) is 6.92 Å². The summed E-state index contributed by atoms with van der Waals surface area (Å²) in [6, 6.07) is 3.34. The van der Waals surface area contributed by atoms with E-state index in [1.165, 1.54) is 6.07 Å². The van der Waals surface area contributed by atoms with Crippen LogP contribution in [0.3, 0.4) is 0 Å². The van der Waals surface area contributed by atoms with Crippen LogP contribution < -0.4 is 10.6 Å². The van der Waals surface area contributed by atoms with Crippen molar-refractivity contribution in [3.8, 4) is 0 Å². The number of hydrogen-bond acceptors (Lipinski definition) is 2. The van der Waals surface area contributed by atoms with Gasteiger partial charge >= 0.3 is 6.03 Å². The molecule has 1 aliphatic rings. The topological polar surface area (TPSA) is 61.4 Å². The Morgan fingerprint density at radius 3 is 2.57 bits per heavy atom. The number of halogens is 2. The lowest BCUT2D eigenvalue weighted by molar-refractivity contribution is 0.149. The van der Waals surface area contributed by atoms with Crippen molar-refractivity contribution in [1.82, 2.24) is 10.6 Å². The molecule has 4 nitrogen and oxygen atoms in total. The van der Waals surface area contributed by atoms with E-state index in [0.717, 1.165) is 25.0 Å². The number of aliphatic hydroxyl groups is 1. The molecule has 0 spiro atoms. The van der Waals surface area contributed by atoms with Crippen molar-refractivity contribution in [1.29, 1.82) is 0 Å². The number of carbonyl (C=O) groups excluding carboxylic acids is 1. The van der Waals surface area contributed by atoms with Crippen LogP contribution in [0.5, 0.6) is 0 Å². The van der Waals surface area contributed by atoms with Gasteiger partial charge in [-0.05, 0) is 42.4 Å². The third-order valence-electron chi connectivity index (χ3n) is 3.72. The van der Waals surface area contributed by atoms with Crippen molar-refractivity contribution in [2.45, 2.75) is 31.8 Å². The second kappa shape index (κ2) is 6.85. The van der Waals surface area contributed by atoms with Gasteiger partial charge in [0.25, 0.3) is 0 Å². The smallest absolute Gasteiger partial charge is 0.314 e. The summed E-state index contributed by atoms with van der Waals surface area (Å²) in [5.41, 5.74) is 0.618. The molecular formula is C15H20F2N2O2. The van der Waals surface area contributed by atoms with E-state index < -0.39 is 17.7 Å². The Bertz CT molecular complexity index is 506. The lowest BCUT2D eigenvalue weighted by atomic mass is 10.0. The first-order valence-electron chi connectivity index (χ1n) is 7.12. The number of nitrogens with one attached hydrogen (secondary N) is 2. The fourth-order valence-corrected chi connectivity index (χ4v) is 2.09. The predicted octanol–water partition coefficient (Wildman–Crippen LogP) is 2.14. The molecule has 2 rings (SSSR count). The average molecular weight is 298 g/mol. The molecule has 1 fully saturated rings. The van der Waals surface area contributed by atoms with Gasteiger partial charge in [0, 0.05) is 13.1 Å². The fourth-order valence-electron chi connectivity index (χ4n) is 2.09. The molecule has 3 N–H and O–H groups in total. The molecule has 116 valence electrons. The first-order valence-corrected chi connectivity index (χ1v) is 7.12. The number of rotatable bonds is 6. The number of benzene rings is 1. The Balaban J connectivity index is 1.73. The number of hydrogen-bond donors (Lipinski definition) is 3. The molecule has 0 heterocycles. The molecule has 1 aromatic rings. The quantitative estimate of drug-likeness (QED) is 0.753. The minimum atomic E-state index is -0.892. The van der Waals surface area contributed by atoms with Gasteiger partial charge in [-0.2, -0.15) is 0 Å². The third-order valence-corrected chi connectivity index (χ3v) is 3.72. The highest BCUT2D eigenvalue weighted by molar-refractivity contribution is 5.73. The van der Waals surface area contributed by atoms with Crippen molar-refractivity contribution >= 4 is 6.03 Å². The zero-order valence-electron chi connectivity index (χ0n) is 11.9. The standard InChI is InChI=1S/C15H20F2N2O2/c1-9(11-4-5-12(16)13(17)6-11)7-18-15(21)19-8-14(20)10-2-3-10/h4-6,9-10,14,20H,2-3,7-8H2,1H3,(H2,18,19,21)/t9-,14+/m1/s1. The van der Waals surface area contributed by atoms with Crippen LogP contribution in [0.2, 0.25) is 0 Å². The summed E-state index contributed by atoms with van der Waals surface area (Å²) in [5, 5.41) is 14.9. The van der Waals surface area contributed by atoms with Crippen LogP contribution in [-0.4, -0.2) is 30.3 Å². The van der Waals surface area contributed by atoms with Crippen LogP contribution in [-0.2, 0) is 0 Å². The first-order chi connectivity index (χ1) is 9.97. The van der Waals surface area contributed by atoms with Crippen LogP contribution in [0.15, 0.2) is 18.2 Å². The molecule has 0 bridgehead atoms. The van der Waals surface area contributed by atoms with Crippen LogP contribution in [0.4, 0.5) is 13.6 Å². The summed E-state index contributed by atoms with van der Waals surface area (Å²) in [7, 11) is 0. The van der Waals surface area contributed by atoms with Crippen LogP contribution >= 0.6 is 0 Å². The number of aliphatic hydroxyl groups excluding tert-OH is 1. The molecular weight excluding hydrogens is 278 g/mol. The van der Waals surface area contributed by atoms with E-state index in [1.54, 1.807) is 0 Å². The zero-order chi connectivity index (χ0) is 15.4. The van der Waals surface area contributed by atoms with E-state index in [2.05, 4.69) is 10.6 Å². The number of amides is 2. The molecule has 21 heavy (non-hydrogen) atoms. The minimum absolute atomic E-state index is 0.140. The predicted molar refractivity (Wildman–Crippen MR) is 74.9 cm³/mol. The van der Waals surface area contributed by atoms with Crippen LogP contribution in [0.25, 0.3) is 0 Å². The molecule has 6 heteroatoms. The highest BCUT2D eigenvalue weighted by atomic mass is 19.2. The average Bonchev–Trinajstić information content (AvgIpc) is 3.29. The molecule has 2 amide bonds. The van der Waals surface area contributed by atoms with Gasteiger partial charge in [0.1, 0.15) is 0 Å². The Morgan fingerprint density at radius 1 is 1.29 bits per heavy atom. The van der Waals surface area contributed by atoms with E-state index in [-0.39, 0.29) is 18.5 Å². The largest absolute Gasteiger partial charge is 0.391 e. The molecule has 0 aromatic heterocycles. The maximum absolute atomic E-state index is 13.1. The van der Waals surface area contributed by atoms with Crippen LogP contribution in [0.1, 0.15) is 31.2 Å². The SMILES string of the molecule is C[C@H](CNC(=O)NC[C@H](O)C1CC1)c1ccc(F)c(F)c1. The van der Waals surface area contributed by atoms with Gasteiger partial charge in [-0.1, -0.05) is 13.0 Å². The number of urea groups is 1. The molecule has 0 aliphatic heterocycles. The van der Waals surface area contributed by atoms with Crippen LogP contribution in [0, 0.1) is 17.6 Å². The minimum Gasteiger partial charge on any atom is -0.391 e. The highest BCUT2D eigenvalue weighted by Gasteiger charge is 2.29. The lowest BCUT2D eigenvalue weighted by Crippen LogP contribution is -2.41. The lowest BCUT2D eigenvalue weighted by Gasteiger charge is -2.15. The summed E-state index contributed by atoms with van der Waals surface area (Å²) in [6.07, 6.45) is 1.54. The zero-order valence-corrected chi connectivity index (χ0v) is 11.9. The van der Waals surface area contributed by atoms with Gasteiger partial charge < -0.3 is 15.7 Å². The van der Waals surface area contributed by atoms with E-state index in [0.29, 0.717) is 18.0 Å².